The first-order chi connectivity index (χ1) is 16.4. The van der Waals surface area contributed by atoms with Crippen LogP contribution in [0, 0.1) is 0 Å². The number of sulfonamides is 1. The van der Waals surface area contributed by atoms with Crippen LogP contribution in [-0.4, -0.2) is 48.2 Å². The fraction of sp³-hybridized carbons (Fsp3) is 0.130. The molecule has 4 rings (SSSR count). The minimum Gasteiger partial charge on any atom is -0.495 e. The number of nitrogens with one attached hydrogen (secondary N) is 1. The van der Waals surface area contributed by atoms with E-state index in [4.69, 9.17) is 4.74 Å². The molecule has 10 nitrogen and oxygen atoms in total. The largest absolute Gasteiger partial charge is 0.495 e. The van der Waals surface area contributed by atoms with Crippen LogP contribution in [0.1, 0.15) is 15.9 Å². The van der Waals surface area contributed by atoms with Gasteiger partial charge < -0.3 is 10.1 Å². The molecule has 0 aliphatic rings. The van der Waals surface area contributed by atoms with Crippen LogP contribution in [0.5, 0.6) is 5.75 Å². The maximum atomic E-state index is 13.1. The third-order valence-electron chi connectivity index (χ3n) is 5.14. The first-order valence-corrected chi connectivity index (χ1v) is 11.6. The minimum atomic E-state index is -3.86. The fourth-order valence-corrected chi connectivity index (χ4v) is 4.53. The molecule has 1 N–H and O–H groups in total. The molecule has 11 heteroatoms. The third kappa shape index (κ3) is 4.59. The Kier molecular flexibility index (Phi) is 6.55. The molecule has 0 saturated carbocycles. The Balaban J connectivity index is 1.48. The molecule has 0 unspecified atom stereocenters. The quantitative estimate of drug-likeness (QED) is 0.413. The van der Waals surface area contributed by atoms with Crippen LogP contribution in [0.15, 0.2) is 84.4 Å². The molecule has 0 saturated heterocycles. The molecule has 1 amide bonds. The Morgan fingerprint density at radius 2 is 1.85 bits per heavy atom. The van der Waals surface area contributed by atoms with E-state index < -0.39 is 10.0 Å². The molecule has 0 bridgehead atoms. The summed E-state index contributed by atoms with van der Waals surface area (Å²) >= 11 is 0. The summed E-state index contributed by atoms with van der Waals surface area (Å²) in [5.74, 6) is 0.641. The van der Waals surface area contributed by atoms with Gasteiger partial charge in [-0.3, -0.25) is 9.10 Å². The number of nitrogens with zero attached hydrogens (tertiary/aromatic N) is 5. The first-order valence-electron chi connectivity index (χ1n) is 10.2. The normalized spacial score (nSPS) is 11.1. The van der Waals surface area contributed by atoms with Crippen LogP contribution in [0.25, 0.3) is 5.82 Å². The van der Waals surface area contributed by atoms with Crippen molar-refractivity contribution in [2.45, 2.75) is 11.4 Å². The maximum absolute atomic E-state index is 13.1. The van der Waals surface area contributed by atoms with Crippen LogP contribution in [0.2, 0.25) is 0 Å². The Morgan fingerprint density at radius 3 is 2.56 bits per heavy atom. The molecule has 0 aliphatic heterocycles. The van der Waals surface area contributed by atoms with Gasteiger partial charge in [-0.1, -0.05) is 18.2 Å². The van der Waals surface area contributed by atoms with Gasteiger partial charge in [-0.2, -0.15) is 5.10 Å². The number of ether oxygens (including phenoxy) is 1. The first kappa shape index (κ1) is 22.9. The van der Waals surface area contributed by atoms with Gasteiger partial charge in [0.2, 0.25) is 0 Å². The van der Waals surface area contributed by atoms with Crippen molar-refractivity contribution in [2.75, 3.05) is 18.5 Å². The summed E-state index contributed by atoms with van der Waals surface area (Å²) in [6.07, 6.45) is 4.55. The van der Waals surface area contributed by atoms with E-state index in [-0.39, 0.29) is 17.3 Å². The molecule has 34 heavy (non-hydrogen) atoms. The summed E-state index contributed by atoms with van der Waals surface area (Å²) in [5.41, 5.74) is 1.48. The Labute approximate surface area is 196 Å². The van der Waals surface area contributed by atoms with Gasteiger partial charge >= 0.3 is 0 Å². The molecule has 174 valence electrons. The number of anilines is 1. The number of para-hydroxylation sites is 2. The highest BCUT2D eigenvalue weighted by Crippen LogP contribution is 2.30. The Bertz CT molecular complexity index is 1390. The summed E-state index contributed by atoms with van der Waals surface area (Å²) < 4.78 is 34.1. The lowest BCUT2D eigenvalue weighted by Crippen LogP contribution is -2.27. The zero-order valence-corrected chi connectivity index (χ0v) is 19.3. The summed E-state index contributed by atoms with van der Waals surface area (Å²) in [5, 5.41) is 6.90. The number of pyridine rings is 1. The van der Waals surface area contributed by atoms with Crippen LogP contribution in [0.3, 0.4) is 0 Å². The average Bonchev–Trinajstić information content (AvgIpc) is 3.42. The highest BCUT2D eigenvalue weighted by Gasteiger charge is 2.24. The van der Waals surface area contributed by atoms with E-state index in [1.54, 1.807) is 36.5 Å². The SMILES string of the molecule is COc1ccccc1N(C)S(=O)(=O)c1ccc(C(=O)NCc2cccnc2-n2cncn2)cc1. The zero-order chi connectivity index (χ0) is 24.1. The van der Waals surface area contributed by atoms with Crippen LogP contribution in [0.4, 0.5) is 5.69 Å². The van der Waals surface area contributed by atoms with Crippen molar-refractivity contribution >= 4 is 21.6 Å². The van der Waals surface area contributed by atoms with E-state index in [2.05, 4.69) is 20.4 Å². The molecule has 0 spiro atoms. The zero-order valence-electron chi connectivity index (χ0n) is 18.5. The molecular weight excluding hydrogens is 456 g/mol. The number of methoxy groups -OCH3 is 1. The number of hydrogen-bond acceptors (Lipinski definition) is 7. The van der Waals surface area contributed by atoms with Crippen molar-refractivity contribution in [1.29, 1.82) is 0 Å². The summed E-state index contributed by atoms with van der Waals surface area (Å²) in [7, 11) is -0.923. The topological polar surface area (TPSA) is 119 Å². The van der Waals surface area contributed by atoms with Crippen molar-refractivity contribution in [3.63, 3.8) is 0 Å². The standard InChI is InChI=1S/C23H22N6O4S/c1-28(20-7-3-4-8-21(20)33-2)34(31,32)19-11-9-17(10-12-19)23(30)26-14-18-6-5-13-25-22(18)29-16-24-15-27-29/h3-13,15-16H,14H2,1-2H3,(H,26,30). The number of hydrogen-bond donors (Lipinski definition) is 1. The molecule has 0 radical (unpaired) electrons. The molecule has 2 aromatic heterocycles. The number of aromatic nitrogens is 4. The van der Waals surface area contributed by atoms with Gasteiger partial charge in [0.15, 0.2) is 5.82 Å². The molecule has 4 aromatic rings. The number of benzene rings is 2. The van der Waals surface area contributed by atoms with Gasteiger partial charge in [0.25, 0.3) is 15.9 Å². The Morgan fingerprint density at radius 1 is 1.09 bits per heavy atom. The van der Waals surface area contributed by atoms with Gasteiger partial charge in [0.1, 0.15) is 18.4 Å². The van der Waals surface area contributed by atoms with Crippen molar-refractivity contribution in [3.05, 3.63) is 90.6 Å². The molecule has 2 heterocycles. The molecule has 2 aromatic carbocycles. The van der Waals surface area contributed by atoms with Gasteiger partial charge in [0.05, 0.1) is 17.7 Å². The van der Waals surface area contributed by atoms with Crippen LogP contribution < -0.4 is 14.4 Å². The second-order valence-electron chi connectivity index (χ2n) is 7.18. The van der Waals surface area contributed by atoms with Crippen molar-refractivity contribution in [1.82, 2.24) is 25.1 Å². The molecule has 0 atom stereocenters. The number of carbonyl (C=O) groups excluding carboxylic acids is 1. The molecule has 0 fully saturated rings. The third-order valence-corrected chi connectivity index (χ3v) is 6.93. The summed E-state index contributed by atoms with van der Waals surface area (Å²) in [6, 6.07) is 16.2. The van der Waals surface area contributed by atoms with E-state index in [0.717, 1.165) is 9.87 Å². The smallest absolute Gasteiger partial charge is 0.264 e. The van der Waals surface area contributed by atoms with Gasteiger partial charge in [-0.25, -0.2) is 23.1 Å². The van der Waals surface area contributed by atoms with Gasteiger partial charge in [0, 0.05) is 30.9 Å². The van der Waals surface area contributed by atoms with Crippen molar-refractivity contribution < 1.29 is 17.9 Å². The van der Waals surface area contributed by atoms with E-state index in [1.165, 1.54) is 55.8 Å². The Hall–Kier alpha value is -4.25. The van der Waals surface area contributed by atoms with E-state index in [1.807, 2.05) is 6.07 Å². The van der Waals surface area contributed by atoms with Gasteiger partial charge in [-0.15, -0.1) is 0 Å². The highest BCUT2D eigenvalue weighted by atomic mass is 32.2. The summed E-state index contributed by atoms with van der Waals surface area (Å²) in [6.45, 7) is 0.207. The molecular formula is C23H22N6O4S. The van der Waals surface area contributed by atoms with Crippen molar-refractivity contribution in [3.8, 4) is 11.6 Å². The fourth-order valence-electron chi connectivity index (χ4n) is 3.33. The van der Waals surface area contributed by atoms with Crippen LogP contribution >= 0.6 is 0 Å². The van der Waals surface area contributed by atoms with Crippen molar-refractivity contribution in [2.24, 2.45) is 0 Å². The number of amides is 1. The van der Waals surface area contributed by atoms with Gasteiger partial charge in [-0.05, 0) is 42.5 Å². The lowest BCUT2D eigenvalue weighted by molar-refractivity contribution is 0.0951. The molecule has 0 aliphatic carbocycles. The van der Waals surface area contributed by atoms with E-state index in [0.29, 0.717) is 22.8 Å². The monoisotopic (exact) mass is 478 g/mol. The van der Waals surface area contributed by atoms with E-state index in [9.17, 15) is 13.2 Å². The lowest BCUT2D eigenvalue weighted by atomic mass is 10.2. The lowest BCUT2D eigenvalue weighted by Gasteiger charge is -2.21. The predicted octanol–water partition coefficient (Wildman–Crippen LogP) is 2.43. The number of carbonyl (C=O) groups is 1. The second kappa shape index (κ2) is 9.71. The highest BCUT2D eigenvalue weighted by molar-refractivity contribution is 7.92. The number of rotatable bonds is 8. The minimum absolute atomic E-state index is 0.0539. The van der Waals surface area contributed by atoms with Crippen LogP contribution in [-0.2, 0) is 16.6 Å². The maximum Gasteiger partial charge on any atom is 0.264 e. The predicted molar refractivity (Wildman–Crippen MR) is 125 cm³/mol. The average molecular weight is 479 g/mol. The second-order valence-corrected chi connectivity index (χ2v) is 9.15. The van der Waals surface area contributed by atoms with E-state index >= 15 is 0 Å². The summed E-state index contributed by atoms with van der Waals surface area (Å²) in [4.78, 5) is 20.9.